The average Bonchev–Trinajstić information content (AvgIpc) is 2.32. The second-order valence-corrected chi connectivity index (χ2v) is 5.82. The number of hydrogen-bond donors (Lipinski definition) is 1. The van der Waals surface area contributed by atoms with Gasteiger partial charge in [-0.2, -0.15) is 0 Å². The van der Waals surface area contributed by atoms with E-state index in [0.717, 1.165) is 44.4 Å². The standard InChI is InChI=1S/C10H23NO3S2/c1-3-11(4-2)5-6-13-7-9-15-16-10-8-14-12/h12H,3-10H2,1-2H3. The van der Waals surface area contributed by atoms with E-state index in [1.807, 2.05) is 0 Å². The van der Waals surface area contributed by atoms with Crippen molar-refractivity contribution in [1.29, 1.82) is 0 Å². The summed E-state index contributed by atoms with van der Waals surface area (Å²) in [6.07, 6.45) is 0. The van der Waals surface area contributed by atoms with Crippen molar-refractivity contribution in [2.45, 2.75) is 13.8 Å². The lowest BCUT2D eigenvalue weighted by molar-refractivity contribution is -0.236. The second kappa shape index (κ2) is 13.6. The van der Waals surface area contributed by atoms with Crippen LogP contribution in [0.1, 0.15) is 13.8 Å². The van der Waals surface area contributed by atoms with E-state index < -0.39 is 0 Å². The van der Waals surface area contributed by atoms with Gasteiger partial charge in [0, 0.05) is 18.1 Å². The van der Waals surface area contributed by atoms with Crippen molar-refractivity contribution in [2.24, 2.45) is 0 Å². The highest BCUT2D eigenvalue weighted by Gasteiger charge is 1.98. The average molecular weight is 269 g/mol. The SMILES string of the molecule is CCN(CC)CCOCCSSCCOO. The summed E-state index contributed by atoms with van der Waals surface area (Å²) in [6.45, 7) is 9.52. The molecule has 16 heavy (non-hydrogen) atoms. The molecule has 0 bridgehead atoms. The monoisotopic (exact) mass is 269 g/mol. The van der Waals surface area contributed by atoms with E-state index in [1.54, 1.807) is 21.6 Å². The maximum absolute atomic E-state index is 8.09. The topological polar surface area (TPSA) is 41.9 Å². The molecule has 0 saturated carbocycles. The molecule has 0 atom stereocenters. The van der Waals surface area contributed by atoms with Crippen LogP contribution in [0.15, 0.2) is 0 Å². The van der Waals surface area contributed by atoms with Crippen LogP contribution in [0.4, 0.5) is 0 Å². The molecule has 0 heterocycles. The molecular weight excluding hydrogens is 246 g/mol. The molecule has 0 amide bonds. The Hall–Kier alpha value is 0.540. The van der Waals surface area contributed by atoms with Gasteiger partial charge >= 0.3 is 0 Å². The highest BCUT2D eigenvalue weighted by molar-refractivity contribution is 8.76. The third-order valence-corrected chi connectivity index (χ3v) is 4.43. The van der Waals surface area contributed by atoms with Gasteiger partial charge in [0.15, 0.2) is 0 Å². The lowest BCUT2D eigenvalue weighted by Gasteiger charge is -2.17. The van der Waals surface area contributed by atoms with E-state index in [9.17, 15) is 0 Å². The molecule has 0 aliphatic rings. The van der Waals surface area contributed by atoms with E-state index in [4.69, 9.17) is 9.99 Å². The van der Waals surface area contributed by atoms with Gasteiger partial charge in [-0.3, -0.25) is 5.26 Å². The van der Waals surface area contributed by atoms with Gasteiger partial charge in [-0.25, -0.2) is 4.89 Å². The largest absolute Gasteiger partial charge is 0.379 e. The molecule has 0 spiro atoms. The Bertz CT molecular complexity index is 137. The third-order valence-electron chi connectivity index (χ3n) is 2.10. The first-order valence-corrected chi connectivity index (χ1v) is 8.14. The smallest absolute Gasteiger partial charge is 0.0918 e. The van der Waals surface area contributed by atoms with Crippen LogP contribution in [-0.2, 0) is 9.62 Å². The van der Waals surface area contributed by atoms with Crippen LogP contribution in [0.3, 0.4) is 0 Å². The van der Waals surface area contributed by atoms with E-state index >= 15 is 0 Å². The van der Waals surface area contributed by atoms with Crippen molar-refractivity contribution in [3.63, 3.8) is 0 Å². The summed E-state index contributed by atoms with van der Waals surface area (Å²) in [6, 6.07) is 0. The first kappa shape index (κ1) is 16.5. The third kappa shape index (κ3) is 11.0. The molecule has 0 aliphatic carbocycles. The zero-order valence-electron chi connectivity index (χ0n) is 10.2. The Kier molecular flexibility index (Phi) is 14.1. The lowest BCUT2D eigenvalue weighted by Crippen LogP contribution is -2.27. The summed E-state index contributed by atoms with van der Waals surface area (Å²) < 4.78 is 5.52. The van der Waals surface area contributed by atoms with Crippen LogP contribution in [-0.4, -0.2) is 61.1 Å². The van der Waals surface area contributed by atoms with E-state index in [2.05, 4.69) is 23.6 Å². The van der Waals surface area contributed by atoms with Crippen LogP contribution in [0.5, 0.6) is 0 Å². The summed E-state index contributed by atoms with van der Waals surface area (Å²) >= 11 is 0. The zero-order valence-corrected chi connectivity index (χ0v) is 11.8. The van der Waals surface area contributed by atoms with Crippen molar-refractivity contribution in [2.75, 3.05) is 51.0 Å². The summed E-state index contributed by atoms with van der Waals surface area (Å²) in [5.41, 5.74) is 0. The predicted molar refractivity (Wildman–Crippen MR) is 72.1 cm³/mol. The molecule has 0 saturated heterocycles. The minimum atomic E-state index is 0.389. The minimum Gasteiger partial charge on any atom is -0.379 e. The number of ether oxygens (including phenoxy) is 1. The number of nitrogens with zero attached hydrogens (tertiary/aromatic N) is 1. The lowest BCUT2D eigenvalue weighted by atomic mass is 10.5. The zero-order chi connectivity index (χ0) is 12.1. The minimum absolute atomic E-state index is 0.389. The predicted octanol–water partition coefficient (Wildman–Crippen LogP) is 2.22. The first-order valence-electron chi connectivity index (χ1n) is 5.66. The summed E-state index contributed by atoms with van der Waals surface area (Å²) in [4.78, 5) is 6.31. The molecule has 0 aromatic heterocycles. The van der Waals surface area contributed by atoms with Gasteiger partial charge in [0.2, 0.25) is 0 Å². The van der Waals surface area contributed by atoms with Gasteiger partial charge in [0.05, 0.1) is 19.8 Å². The van der Waals surface area contributed by atoms with Crippen LogP contribution >= 0.6 is 21.6 Å². The molecule has 0 aliphatic heterocycles. The Morgan fingerprint density at radius 1 is 1.00 bits per heavy atom. The molecule has 0 rings (SSSR count). The maximum atomic E-state index is 8.09. The molecule has 0 aromatic carbocycles. The fourth-order valence-electron chi connectivity index (χ4n) is 1.12. The highest BCUT2D eigenvalue weighted by atomic mass is 33.1. The molecule has 6 heteroatoms. The Balaban J connectivity index is 3.03. The summed E-state index contributed by atoms with van der Waals surface area (Å²) in [5, 5.41) is 8.09. The fourth-order valence-corrected chi connectivity index (χ4v) is 2.80. The number of rotatable bonds is 12. The van der Waals surface area contributed by atoms with Gasteiger partial charge in [-0.1, -0.05) is 35.4 Å². The molecule has 98 valence electrons. The normalized spacial score (nSPS) is 11.2. The van der Waals surface area contributed by atoms with Gasteiger partial charge in [-0.15, -0.1) is 0 Å². The molecular formula is C10H23NO3S2. The summed E-state index contributed by atoms with van der Waals surface area (Å²) in [7, 11) is 3.44. The van der Waals surface area contributed by atoms with Crippen LogP contribution in [0, 0.1) is 0 Å². The molecule has 0 radical (unpaired) electrons. The van der Waals surface area contributed by atoms with Gasteiger partial charge < -0.3 is 9.64 Å². The Labute approximate surface area is 106 Å². The van der Waals surface area contributed by atoms with E-state index in [1.165, 1.54) is 0 Å². The molecule has 0 fully saturated rings. The molecule has 1 N–H and O–H groups in total. The second-order valence-electron chi connectivity index (χ2n) is 3.12. The van der Waals surface area contributed by atoms with Gasteiger partial charge in [0.25, 0.3) is 0 Å². The van der Waals surface area contributed by atoms with Crippen LogP contribution in [0.2, 0.25) is 0 Å². The molecule has 0 aromatic rings. The van der Waals surface area contributed by atoms with Gasteiger partial charge in [0.1, 0.15) is 0 Å². The van der Waals surface area contributed by atoms with Crippen molar-refractivity contribution >= 4 is 21.6 Å². The Morgan fingerprint density at radius 2 is 1.62 bits per heavy atom. The molecule has 0 unspecified atom stereocenters. The first-order chi connectivity index (χ1) is 7.85. The quantitative estimate of drug-likeness (QED) is 0.254. The van der Waals surface area contributed by atoms with Crippen LogP contribution < -0.4 is 0 Å². The van der Waals surface area contributed by atoms with E-state index in [0.29, 0.717) is 6.61 Å². The van der Waals surface area contributed by atoms with Gasteiger partial charge in [-0.05, 0) is 13.1 Å². The van der Waals surface area contributed by atoms with E-state index in [-0.39, 0.29) is 0 Å². The maximum Gasteiger partial charge on any atom is 0.0918 e. The fraction of sp³-hybridized carbons (Fsp3) is 1.00. The van der Waals surface area contributed by atoms with Crippen LogP contribution in [0.25, 0.3) is 0 Å². The van der Waals surface area contributed by atoms with Crippen molar-refractivity contribution in [1.82, 2.24) is 4.90 Å². The number of likely N-dealkylation sites (N-methyl/N-ethyl adjacent to an activating group) is 1. The van der Waals surface area contributed by atoms with Crippen molar-refractivity contribution in [3.8, 4) is 0 Å². The van der Waals surface area contributed by atoms with Crippen molar-refractivity contribution in [3.05, 3.63) is 0 Å². The summed E-state index contributed by atoms with van der Waals surface area (Å²) in [5.74, 6) is 1.79. The Morgan fingerprint density at radius 3 is 2.19 bits per heavy atom. The highest BCUT2D eigenvalue weighted by Crippen LogP contribution is 2.19. The van der Waals surface area contributed by atoms with Crippen molar-refractivity contribution < 1.29 is 14.9 Å². The molecule has 4 nitrogen and oxygen atoms in total. The number of hydrogen-bond acceptors (Lipinski definition) is 6.